The van der Waals surface area contributed by atoms with Crippen LogP contribution < -0.4 is 10.2 Å². The van der Waals surface area contributed by atoms with Gasteiger partial charge in [0.25, 0.3) is 5.91 Å². The highest BCUT2D eigenvalue weighted by molar-refractivity contribution is 7.80. The Morgan fingerprint density at radius 2 is 1.73 bits per heavy atom. The van der Waals surface area contributed by atoms with E-state index in [1.807, 2.05) is 0 Å². The van der Waals surface area contributed by atoms with E-state index in [-0.39, 0.29) is 29.3 Å². The van der Waals surface area contributed by atoms with Crippen LogP contribution in [0.25, 0.3) is 0 Å². The quantitative estimate of drug-likeness (QED) is 0.384. The van der Waals surface area contributed by atoms with Crippen LogP contribution in [0.1, 0.15) is 16.8 Å². The Labute approximate surface area is 194 Å². The molecule has 2 amide bonds. The van der Waals surface area contributed by atoms with Crippen molar-refractivity contribution in [3.05, 3.63) is 59.9 Å². The van der Waals surface area contributed by atoms with E-state index in [0.29, 0.717) is 5.69 Å². The van der Waals surface area contributed by atoms with Gasteiger partial charge in [-0.3, -0.25) is 14.4 Å². The third-order valence-electron chi connectivity index (χ3n) is 4.93. The van der Waals surface area contributed by atoms with Crippen molar-refractivity contribution in [2.24, 2.45) is 0 Å². The molecule has 33 heavy (non-hydrogen) atoms. The molecule has 1 aliphatic rings. The summed E-state index contributed by atoms with van der Waals surface area (Å²) in [5.41, 5.74) is 0.952. The average Bonchev–Trinajstić information content (AvgIpc) is 3.11. The molecule has 9 nitrogen and oxygen atoms in total. The number of nitrogens with one attached hydrogen (secondary N) is 1. The zero-order chi connectivity index (χ0) is 24.1. The van der Waals surface area contributed by atoms with Crippen LogP contribution in [0, 0.1) is 5.82 Å². The smallest absolute Gasteiger partial charge is 0.337 e. The van der Waals surface area contributed by atoms with E-state index in [1.165, 1.54) is 67.7 Å². The third kappa shape index (κ3) is 5.32. The lowest BCUT2D eigenvalue weighted by atomic mass is 10.2. The summed E-state index contributed by atoms with van der Waals surface area (Å²) < 4.78 is 22.5. The molecule has 1 fully saturated rings. The number of ether oxygens (including phenoxy) is 2. The molecule has 2 aromatic rings. The second-order valence-electron chi connectivity index (χ2n) is 6.97. The maximum absolute atomic E-state index is 13.2. The van der Waals surface area contributed by atoms with Gasteiger partial charge in [0.1, 0.15) is 18.4 Å². The van der Waals surface area contributed by atoms with Gasteiger partial charge in [-0.25, -0.2) is 14.1 Å². The van der Waals surface area contributed by atoms with Gasteiger partial charge in [0.05, 0.1) is 31.9 Å². The van der Waals surface area contributed by atoms with Crippen molar-refractivity contribution in [2.75, 3.05) is 31.0 Å². The number of rotatable bonds is 6. The summed E-state index contributed by atoms with van der Waals surface area (Å²) in [5.74, 6) is -2.77. The van der Waals surface area contributed by atoms with Crippen molar-refractivity contribution in [2.45, 2.75) is 12.5 Å². The topological polar surface area (TPSA) is 105 Å². The standard InChI is InChI=1S/C22H20FN3O6S/c1-31-19(28)12-25(22(33)24-15-7-5-14(23)6-8-15)17-11-18(27)26(20(17)29)16-9-3-13(4-10-16)21(30)32-2/h3-10,17H,11-12H2,1-2H3,(H,24,33)/t17-/m0/s1. The molecule has 0 bridgehead atoms. The number of thiocarbonyl (C=S) groups is 1. The zero-order valence-corrected chi connectivity index (χ0v) is 18.6. The minimum atomic E-state index is -1.07. The molecule has 0 aliphatic carbocycles. The first-order valence-corrected chi connectivity index (χ1v) is 10.1. The lowest BCUT2D eigenvalue weighted by Gasteiger charge is -2.29. The molecule has 0 saturated carbocycles. The minimum absolute atomic E-state index is 0.0129. The van der Waals surface area contributed by atoms with Crippen LogP contribution >= 0.6 is 12.2 Å². The third-order valence-corrected chi connectivity index (χ3v) is 5.27. The number of benzene rings is 2. The van der Waals surface area contributed by atoms with E-state index >= 15 is 0 Å². The number of nitrogens with zero attached hydrogens (tertiary/aromatic N) is 2. The number of hydrogen-bond acceptors (Lipinski definition) is 7. The summed E-state index contributed by atoms with van der Waals surface area (Å²) in [7, 11) is 2.43. The van der Waals surface area contributed by atoms with E-state index in [2.05, 4.69) is 10.1 Å². The van der Waals surface area contributed by atoms with Crippen molar-refractivity contribution in [1.82, 2.24) is 4.90 Å². The summed E-state index contributed by atoms with van der Waals surface area (Å²) in [6.07, 6.45) is -0.236. The predicted octanol–water partition coefficient (Wildman–Crippen LogP) is 2.12. The van der Waals surface area contributed by atoms with Crippen LogP contribution in [-0.2, 0) is 23.9 Å². The van der Waals surface area contributed by atoms with E-state index in [4.69, 9.17) is 17.0 Å². The van der Waals surface area contributed by atoms with Gasteiger partial charge >= 0.3 is 11.9 Å². The van der Waals surface area contributed by atoms with E-state index < -0.39 is 35.6 Å². The molecule has 1 atom stereocenters. The molecule has 0 unspecified atom stereocenters. The number of halogens is 1. The summed E-state index contributed by atoms with van der Waals surface area (Å²) >= 11 is 5.38. The van der Waals surface area contributed by atoms with Crippen LogP contribution in [0.15, 0.2) is 48.5 Å². The zero-order valence-electron chi connectivity index (χ0n) is 17.7. The maximum atomic E-state index is 13.2. The van der Waals surface area contributed by atoms with Crippen LogP contribution in [0.2, 0.25) is 0 Å². The van der Waals surface area contributed by atoms with Gasteiger partial charge < -0.3 is 19.7 Å². The average molecular weight is 473 g/mol. The molecule has 2 aromatic carbocycles. The van der Waals surface area contributed by atoms with Gasteiger partial charge in [0, 0.05) is 5.69 Å². The Kier molecular flexibility index (Phi) is 7.34. The Balaban J connectivity index is 1.84. The van der Waals surface area contributed by atoms with Crippen LogP contribution in [-0.4, -0.2) is 60.6 Å². The summed E-state index contributed by atoms with van der Waals surface area (Å²) in [5, 5.41) is 2.83. The van der Waals surface area contributed by atoms with Crippen molar-refractivity contribution in [3.63, 3.8) is 0 Å². The second-order valence-corrected chi connectivity index (χ2v) is 7.35. The van der Waals surface area contributed by atoms with E-state index in [9.17, 15) is 23.6 Å². The molecule has 1 N–H and O–H groups in total. The van der Waals surface area contributed by atoms with Crippen LogP contribution in [0.3, 0.4) is 0 Å². The fraction of sp³-hybridized carbons (Fsp3) is 0.227. The first-order valence-electron chi connectivity index (χ1n) is 9.70. The number of hydrogen-bond donors (Lipinski definition) is 1. The fourth-order valence-corrected chi connectivity index (χ4v) is 3.56. The Hall–Kier alpha value is -3.86. The molecule has 11 heteroatoms. The molecule has 1 heterocycles. The minimum Gasteiger partial charge on any atom is -0.468 e. The first-order chi connectivity index (χ1) is 15.7. The van der Waals surface area contributed by atoms with Crippen LogP contribution in [0.5, 0.6) is 0 Å². The van der Waals surface area contributed by atoms with Gasteiger partial charge in [-0.1, -0.05) is 0 Å². The van der Waals surface area contributed by atoms with Gasteiger partial charge in [-0.05, 0) is 60.7 Å². The largest absolute Gasteiger partial charge is 0.468 e. The van der Waals surface area contributed by atoms with Gasteiger partial charge in [-0.2, -0.15) is 0 Å². The molecule has 172 valence electrons. The Morgan fingerprint density at radius 1 is 1.09 bits per heavy atom. The Bertz CT molecular complexity index is 1090. The lowest BCUT2D eigenvalue weighted by molar-refractivity contribution is -0.141. The maximum Gasteiger partial charge on any atom is 0.337 e. The number of imide groups is 1. The molecule has 0 radical (unpaired) electrons. The monoisotopic (exact) mass is 473 g/mol. The molecular formula is C22H20FN3O6S. The van der Waals surface area contributed by atoms with Gasteiger partial charge in [-0.15, -0.1) is 0 Å². The number of esters is 2. The van der Waals surface area contributed by atoms with Gasteiger partial charge in [0.2, 0.25) is 5.91 Å². The molecule has 1 aliphatic heterocycles. The second kappa shape index (κ2) is 10.2. The van der Waals surface area contributed by atoms with E-state index in [0.717, 1.165) is 4.90 Å². The highest BCUT2D eigenvalue weighted by atomic mass is 32.1. The molecule has 0 spiro atoms. The lowest BCUT2D eigenvalue weighted by Crippen LogP contribution is -2.49. The predicted molar refractivity (Wildman–Crippen MR) is 120 cm³/mol. The highest BCUT2D eigenvalue weighted by Gasteiger charge is 2.44. The van der Waals surface area contributed by atoms with Crippen molar-refractivity contribution >= 4 is 52.5 Å². The number of amides is 2. The molecule has 0 aromatic heterocycles. The molecule has 3 rings (SSSR count). The number of carbonyl (C=O) groups is 4. The number of anilines is 2. The van der Waals surface area contributed by atoms with Gasteiger partial charge in [0.15, 0.2) is 5.11 Å². The fourth-order valence-electron chi connectivity index (χ4n) is 3.25. The van der Waals surface area contributed by atoms with E-state index in [1.54, 1.807) is 0 Å². The summed E-state index contributed by atoms with van der Waals surface area (Å²) in [6, 6.07) is 10.0. The summed E-state index contributed by atoms with van der Waals surface area (Å²) in [6.45, 7) is -0.387. The summed E-state index contributed by atoms with van der Waals surface area (Å²) in [4.78, 5) is 51.8. The van der Waals surface area contributed by atoms with Crippen molar-refractivity contribution in [3.8, 4) is 0 Å². The van der Waals surface area contributed by atoms with Crippen molar-refractivity contribution in [1.29, 1.82) is 0 Å². The molecule has 1 saturated heterocycles. The normalized spacial score (nSPS) is 15.2. The van der Waals surface area contributed by atoms with Crippen LogP contribution in [0.4, 0.5) is 15.8 Å². The van der Waals surface area contributed by atoms with Crippen molar-refractivity contribution < 1.29 is 33.0 Å². The highest BCUT2D eigenvalue weighted by Crippen LogP contribution is 2.27. The number of methoxy groups -OCH3 is 2. The number of carbonyl (C=O) groups excluding carboxylic acids is 4. The SMILES string of the molecule is COC(=O)CN(C(=S)Nc1ccc(F)cc1)[C@H]1CC(=O)N(c2ccc(C(=O)OC)cc2)C1=O. The molecular weight excluding hydrogens is 453 g/mol. The Morgan fingerprint density at radius 3 is 2.30 bits per heavy atom. The first kappa shape index (κ1) is 23.8.